The van der Waals surface area contributed by atoms with Gasteiger partial charge in [0.1, 0.15) is 0 Å². The maximum atomic E-state index is 14.0. The van der Waals surface area contributed by atoms with Crippen LogP contribution in [-0.2, 0) is 11.2 Å². The molecule has 3 aliphatic heterocycles. The molecule has 32 heavy (non-hydrogen) atoms. The van der Waals surface area contributed by atoms with Crippen LogP contribution in [0.15, 0.2) is 36.4 Å². The zero-order valence-corrected chi connectivity index (χ0v) is 18.8. The number of carbonyl (C=O) groups excluding carboxylic acids is 2. The van der Waals surface area contributed by atoms with Crippen molar-refractivity contribution in [1.82, 2.24) is 14.7 Å². The summed E-state index contributed by atoms with van der Waals surface area (Å²) in [6.45, 7) is 3.69. The Morgan fingerprint density at radius 3 is 2.34 bits per heavy atom. The molecule has 0 radical (unpaired) electrons. The minimum atomic E-state index is -0.440. The predicted octanol–water partition coefficient (Wildman–Crippen LogP) is 2.31. The first-order valence-corrected chi connectivity index (χ1v) is 11.2. The van der Waals surface area contributed by atoms with Gasteiger partial charge in [0.2, 0.25) is 5.91 Å². The van der Waals surface area contributed by atoms with Crippen molar-refractivity contribution in [3.63, 3.8) is 0 Å². The third kappa shape index (κ3) is 3.23. The lowest BCUT2D eigenvalue weighted by Crippen LogP contribution is -2.54. The van der Waals surface area contributed by atoms with E-state index in [-0.39, 0.29) is 17.9 Å². The van der Waals surface area contributed by atoms with Crippen molar-refractivity contribution in [3.8, 4) is 11.5 Å². The molecule has 0 aromatic heterocycles. The fourth-order valence-corrected chi connectivity index (χ4v) is 5.34. The van der Waals surface area contributed by atoms with Crippen LogP contribution in [0.4, 0.5) is 0 Å². The van der Waals surface area contributed by atoms with Crippen molar-refractivity contribution in [2.45, 2.75) is 18.4 Å². The lowest BCUT2D eigenvalue weighted by Gasteiger charge is -2.47. The molecule has 0 N–H and O–H groups in total. The summed E-state index contributed by atoms with van der Waals surface area (Å²) in [6, 6.07) is 11.2. The van der Waals surface area contributed by atoms with E-state index in [0.29, 0.717) is 36.7 Å². The minimum Gasteiger partial charge on any atom is -0.493 e. The van der Waals surface area contributed by atoms with Crippen LogP contribution >= 0.6 is 0 Å². The molecule has 2 aromatic carbocycles. The van der Waals surface area contributed by atoms with E-state index in [0.717, 1.165) is 36.2 Å². The highest BCUT2D eigenvalue weighted by atomic mass is 16.5. The molecule has 1 fully saturated rings. The molecule has 2 amide bonds. The molecule has 2 aromatic rings. The van der Waals surface area contributed by atoms with Crippen LogP contribution in [0.2, 0.25) is 0 Å². The van der Waals surface area contributed by atoms with Crippen LogP contribution in [0.1, 0.15) is 39.0 Å². The van der Waals surface area contributed by atoms with E-state index >= 15 is 0 Å². The zero-order chi connectivity index (χ0) is 22.4. The molecule has 0 aliphatic carbocycles. The molecular formula is C25H29N3O4. The smallest absolute Gasteiger partial charge is 0.254 e. The van der Waals surface area contributed by atoms with Gasteiger partial charge in [-0.2, -0.15) is 0 Å². The minimum absolute atomic E-state index is 0.00605. The summed E-state index contributed by atoms with van der Waals surface area (Å²) < 4.78 is 11.1. The number of likely N-dealkylation sites (N-methyl/N-ethyl adjacent to an activating group) is 1. The van der Waals surface area contributed by atoms with Gasteiger partial charge in [-0.15, -0.1) is 0 Å². The third-order valence-electron chi connectivity index (χ3n) is 7.11. The molecule has 7 nitrogen and oxygen atoms in total. The highest BCUT2D eigenvalue weighted by Gasteiger charge is 2.47. The van der Waals surface area contributed by atoms with Gasteiger partial charge in [-0.3, -0.25) is 9.59 Å². The number of piperazine rings is 1. The van der Waals surface area contributed by atoms with Gasteiger partial charge in [0.25, 0.3) is 5.91 Å². The van der Waals surface area contributed by atoms with E-state index in [9.17, 15) is 9.59 Å². The average Bonchev–Trinajstić information content (AvgIpc) is 2.83. The summed E-state index contributed by atoms with van der Waals surface area (Å²) in [5.41, 5.74) is 3.54. The van der Waals surface area contributed by atoms with Crippen molar-refractivity contribution in [1.29, 1.82) is 0 Å². The Bertz CT molecular complexity index is 1060. The fraction of sp³-hybridized carbons (Fsp3) is 0.440. The summed E-state index contributed by atoms with van der Waals surface area (Å²) in [5, 5.41) is 0. The van der Waals surface area contributed by atoms with Crippen LogP contribution in [0.25, 0.3) is 0 Å². The molecule has 3 heterocycles. The SMILES string of the molecule is COc1cc2c(cc1OC)[C@H]1[C@@H](C(=O)N3CCN(C)CC3)c3ccccc3C(=O)N1CC2. The number of fused-ring (bicyclic) bond motifs is 4. The lowest BCUT2D eigenvalue weighted by molar-refractivity contribution is -0.136. The second-order valence-corrected chi connectivity index (χ2v) is 8.79. The maximum Gasteiger partial charge on any atom is 0.254 e. The highest BCUT2D eigenvalue weighted by molar-refractivity contribution is 6.01. The van der Waals surface area contributed by atoms with E-state index in [1.807, 2.05) is 46.2 Å². The maximum absolute atomic E-state index is 14.0. The molecule has 168 valence electrons. The Balaban J connectivity index is 1.65. The number of amides is 2. The van der Waals surface area contributed by atoms with Gasteiger partial charge in [0, 0.05) is 38.3 Å². The van der Waals surface area contributed by atoms with Gasteiger partial charge in [0.05, 0.1) is 26.2 Å². The summed E-state index contributed by atoms with van der Waals surface area (Å²) in [5.74, 6) is 0.933. The Morgan fingerprint density at radius 1 is 0.938 bits per heavy atom. The van der Waals surface area contributed by atoms with Crippen LogP contribution in [0.3, 0.4) is 0 Å². The molecule has 7 heteroatoms. The van der Waals surface area contributed by atoms with Crippen molar-refractivity contribution >= 4 is 11.8 Å². The van der Waals surface area contributed by atoms with E-state index in [2.05, 4.69) is 11.9 Å². The lowest BCUT2D eigenvalue weighted by atomic mass is 9.75. The van der Waals surface area contributed by atoms with Crippen molar-refractivity contribution in [2.24, 2.45) is 0 Å². The second-order valence-electron chi connectivity index (χ2n) is 8.79. The molecule has 0 saturated carbocycles. The number of ether oxygens (including phenoxy) is 2. The summed E-state index contributed by atoms with van der Waals surface area (Å²) in [7, 11) is 5.31. The standard InChI is InChI=1S/C25H29N3O4/c1-26-10-12-27(13-11-26)25(30)22-17-6-4-5-7-18(17)24(29)28-9-8-16-14-20(31-2)21(32-3)15-19(16)23(22)28/h4-7,14-15,22-23H,8-13H2,1-3H3/t22-,23-/m0/s1. The van der Waals surface area contributed by atoms with E-state index in [4.69, 9.17) is 9.47 Å². The number of carbonyl (C=O) groups is 2. The summed E-state index contributed by atoms with van der Waals surface area (Å²) >= 11 is 0. The first kappa shape index (κ1) is 20.8. The molecule has 1 saturated heterocycles. The first-order chi connectivity index (χ1) is 15.5. The number of methoxy groups -OCH3 is 2. The highest BCUT2D eigenvalue weighted by Crippen LogP contribution is 2.48. The average molecular weight is 436 g/mol. The molecular weight excluding hydrogens is 406 g/mol. The number of nitrogens with zero attached hydrogens (tertiary/aromatic N) is 3. The van der Waals surface area contributed by atoms with Gasteiger partial charge in [-0.1, -0.05) is 18.2 Å². The van der Waals surface area contributed by atoms with Gasteiger partial charge < -0.3 is 24.2 Å². The molecule has 3 aliphatic rings. The Kier molecular flexibility index (Phi) is 5.29. The number of benzene rings is 2. The van der Waals surface area contributed by atoms with Crippen LogP contribution in [0.5, 0.6) is 11.5 Å². The Hall–Kier alpha value is -3.06. The first-order valence-electron chi connectivity index (χ1n) is 11.2. The van der Waals surface area contributed by atoms with E-state index < -0.39 is 5.92 Å². The van der Waals surface area contributed by atoms with E-state index in [1.165, 1.54) is 0 Å². The second kappa shape index (κ2) is 8.13. The van der Waals surface area contributed by atoms with Crippen LogP contribution in [0, 0.1) is 0 Å². The normalized spacial score (nSPS) is 22.7. The van der Waals surface area contributed by atoms with Gasteiger partial charge in [-0.05, 0) is 48.4 Å². The monoisotopic (exact) mass is 435 g/mol. The summed E-state index contributed by atoms with van der Waals surface area (Å²) in [4.78, 5) is 33.5. The van der Waals surface area contributed by atoms with Crippen LogP contribution in [-0.4, -0.2) is 80.5 Å². The number of rotatable bonds is 3. The largest absolute Gasteiger partial charge is 0.493 e. The van der Waals surface area contributed by atoms with Crippen LogP contribution < -0.4 is 9.47 Å². The zero-order valence-electron chi connectivity index (χ0n) is 18.8. The topological polar surface area (TPSA) is 62.3 Å². The Labute approximate surface area is 188 Å². The van der Waals surface area contributed by atoms with Gasteiger partial charge in [-0.25, -0.2) is 0 Å². The van der Waals surface area contributed by atoms with Crippen molar-refractivity contribution < 1.29 is 19.1 Å². The van der Waals surface area contributed by atoms with Crippen molar-refractivity contribution in [3.05, 3.63) is 58.7 Å². The summed E-state index contributed by atoms with van der Waals surface area (Å²) in [6.07, 6.45) is 0.718. The van der Waals surface area contributed by atoms with E-state index in [1.54, 1.807) is 14.2 Å². The molecule has 5 rings (SSSR count). The molecule has 0 spiro atoms. The van der Waals surface area contributed by atoms with Gasteiger partial charge in [0.15, 0.2) is 11.5 Å². The molecule has 2 atom stereocenters. The quantitative estimate of drug-likeness (QED) is 0.741. The van der Waals surface area contributed by atoms with Crippen molar-refractivity contribution in [2.75, 3.05) is 54.0 Å². The van der Waals surface area contributed by atoms with Gasteiger partial charge >= 0.3 is 0 Å². The third-order valence-corrected chi connectivity index (χ3v) is 7.11. The predicted molar refractivity (Wildman–Crippen MR) is 120 cm³/mol. The molecule has 0 unspecified atom stereocenters. The molecule has 0 bridgehead atoms. The fourth-order valence-electron chi connectivity index (χ4n) is 5.34. The number of hydrogen-bond donors (Lipinski definition) is 0. The Morgan fingerprint density at radius 2 is 1.62 bits per heavy atom. The number of hydrogen-bond acceptors (Lipinski definition) is 5.